The fourth-order valence-corrected chi connectivity index (χ4v) is 2.54. The molecule has 2 aromatic rings. The molecule has 0 bridgehead atoms. The third kappa shape index (κ3) is 3.65. The molecule has 2 aromatic carbocycles. The Morgan fingerprint density at radius 2 is 1.90 bits per heavy atom. The molecule has 2 rings (SSSR count). The Labute approximate surface area is 123 Å². The van der Waals surface area contributed by atoms with Gasteiger partial charge in [-0.1, -0.05) is 12.1 Å². The Morgan fingerprint density at radius 3 is 2.52 bits per heavy atom. The second-order valence-electron chi connectivity index (χ2n) is 4.35. The van der Waals surface area contributed by atoms with E-state index in [4.69, 9.17) is 15.6 Å². The third-order valence-electron chi connectivity index (χ3n) is 2.78. The molecule has 21 heavy (non-hydrogen) atoms. The zero-order chi connectivity index (χ0) is 15.5. The highest BCUT2D eigenvalue weighted by Crippen LogP contribution is 2.29. The maximum absolute atomic E-state index is 11.3. The molecule has 0 spiro atoms. The van der Waals surface area contributed by atoms with Crippen molar-refractivity contribution in [2.75, 3.05) is 17.7 Å². The number of anilines is 3. The largest absolute Gasteiger partial charge is 0.492 e. The molecule has 0 atom stereocenters. The van der Waals surface area contributed by atoms with Crippen LogP contribution < -0.4 is 20.9 Å². The number of sulfonamides is 1. The SMILES string of the molecule is CCOc1ccccc1Nc1ccc(S(N)(=O)=O)c(N)c1. The number of nitrogens with two attached hydrogens (primary N) is 2. The maximum atomic E-state index is 11.3. The van der Waals surface area contributed by atoms with E-state index >= 15 is 0 Å². The number of hydrogen-bond donors (Lipinski definition) is 3. The lowest BCUT2D eigenvalue weighted by Crippen LogP contribution is -2.14. The third-order valence-corrected chi connectivity index (χ3v) is 3.77. The van der Waals surface area contributed by atoms with Gasteiger partial charge in [0.2, 0.25) is 10.0 Å². The van der Waals surface area contributed by atoms with Gasteiger partial charge < -0.3 is 15.8 Å². The van der Waals surface area contributed by atoms with Crippen LogP contribution in [0, 0.1) is 0 Å². The van der Waals surface area contributed by atoms with Gasteiger partial charge in [0, 0.05) is 5.69 Å². The van der Waals surface area contributed by atoms with E-state index in [0.717, 1.165) is 5.69 Å². The fraction of sp³-hybridized carbons (Fsp3) is 0.143. The Morgan fingerprint density at radius 1 is 1.19 bits per heavy atom. The molecule has 0 saturated heterocycles. The van der Waals surface area contributed by atoms with E-state index in [1.165, 1.54) is 12.1 Å². The predicted octanol–water partition coefficient (Wildman–Crippen LogP) is 2.06. The summed E-state index contributed by atoms with van der Waals surface area (Å²) in [6, 6.07) is 11.9. The molecular weight excluding hydrogens is 290 g/mol. The standard InChI is InChI=1S/C14H17N3O3S/c1-2-20-13-6-4-3-5-12(13)17-10-7-8-14(11(15)9-10)21(16,18)19/h3-9,17H,2,15H2,1H3,(H2,16,18,19). The van der Waals surface area contributed by atoms with E-state index in [-0.39, 0.29) is 10.6 Å². The van der Waals surface area contributed by atoms with E-state index in [1.54, 1.807) is 6.07 Å². The summed E-state index contributed by atoms with van der Waals surface area (Å²) >= 11 is 0. The first-order chi connectivity index (χ1) is 9.91. The van der Waals surface area contributed by atoms with Gasteiger partial charge in [0.05, 0.1) is 18.0 Å². The molecule has 0 radical (unpaired) electrons. The first-order valence-corrected chi connectivity index (χ1v) is 7.87. The minimum atomic E-state index is -3.82. The van der Waals surface area contributed by atoms with Crippen LogP contribution in [0.2, 0.25) is 0 Å². The number of nitrogens with one attached hydrogen (secondary N) is 1. The van der Waals surface area contributed by atoms with Crippen LogP contribution in [0.5, 0.6) is 5.75 Å². The maximum Gasteiger partial charge on any atom is 0.240 e. The molecule has 0 heterocycles. The zero-order valence-corrected chi connectivity index (χ0v) is 12.4. The number of ether oxygens (including phenoxy) is 1. The first-order valence-electron chi connectivity index (χ1n) is 6.33. The summed E-state index contributed by atoms with van der Waals surface area (Å²) in [6.45, 7) is 2.45. The van der Waals surface area contributed by atoms with E-state index < -0.39 is 10.0 Å². The van der Waals surface area contributed by atoms with Crippen LogP contribution in [0.3, 0.4) is 0 Å². The van der Waals surface area contributed by atoms with Gasteiger partial charge in [-0.2, -0.15) is 0 Å². The van der Waals surface area contributed by atoms with Crippen molar-refractivity contribution in [2.24, 2.45) is 5.14 Å². The number of benzene rings is 2. The molecule has 112 valence electrons. The summed E-state index contributed by atoms with van der Waals surface area (Å²) in [4.78, 5) is -0.0915. The highest BCUT2D eigenvalue weighted by Gasteiger charge is 2.12. The van der Waals surface area contributed by atoms with E-state index in [0.29, 0.717) is 18.0 Å². The summed E-state index contributed by atoms with van der Waals surface area (Å²) < 4.78 is 28.1. The van der Waals surface area contributed by atoms with Crippen molar-refractivity contribution in [3.63, 3.8) is 0 Å². The molecular formula is C14H17N3O3S. The van der Waals surface area contributed by atoms with Crippen molar-refractivity contribution in [3.8, 4) is 5.75 Å². The van der Waals surface area contributed by atoms with Gasteiger partial charge in [0.25, 0.3) is 0 Å². The summed E-state index contributed by atoms with van der Waals surface area (Å²) in [5.41, 5.74) is 7.23. The Bertz CT molecular complexity index is 745. The molecule has 0 aliphatic carbocycles. The Balaban J connectivity index is 2.31. The monoisotopic (exact) mass is 307 g/mol. The second-order valence-corrected chi connectivity index (χ2v) is 5.88. The van der Waals surface area contributed by atoms with Crippen molar-refractivity contribution >= 4 is 27.1 Å². The smallest absolute Gasteiger partial charge is 0.240 e. The van der Waals surface area contributed by atoms with Gasteiger partial charge in [-0.05, 0) is 37.3 Å². The van der Waals surface area contributed by atoms with Crippen LogP contribution in [-0.2, 0) is 10.0 Å². The summed E-state index contributed by atoms with van der Waals surface area (Å²) in [6.07, 6.45) is 0. The van der Waals surface area contributed by atoms with Crippen molar-refractivity contribution in [1.82, 2.24) is 0 Å². The van der Waals surface area contributed by atoms with Crippen LogP contribution in [0.25, 0.3) is 0 Å². The van der Waals surface area contributed by atoms with Gasteiger partial charge in [-0.15, -0.1) is 0 Å². The van der Waals surface area contributed by atoms with Crippen LogP contribution in [0.4, 0.5) is 17.1 Å². The molecule has 0 fully saturated rings. The lowest BCUT2D eigenvalue weighted by atomic mass is 10.2. The molecule has 0 aromatic heterocycles. The Kier molecular flexibility index (Phi) is 4.35. The molecule has 0 unspecified atom stereocenters. The average molecular weight is 307 g/mol. The van der Waals surface area contributed by atoms with Gasteiger partial charge in [0.1, 0.15) is 10.6 Å². The van der Waals surface area contributed by atoms with Crippen LogP contribution >= 0.6 is 0 Å². The molecule has 0 amide bonds. The molecule has 0 saturated carbocycles. The minimum Gasteiger partial charge on any atom is -0.492 e. The highest BCUT2D eigenvalue weighted by molar-refractivity contribution is 7.89. The number of para-hydroxylation sites is 2. The molecule has 5 N–H and O–H groups in total. The average Bonchev–Trinajstić information content (AvgIpc) is 2.40. The highest BCUT2D eigenvalue weighted by atomic mass is 32.2. The topological polar surface area (TPSA) is 107 Å². The van der Waals surface area contributed by atoms with Gasteiger partial charge >= 0.3 is 0 Å². The van der Waals surface area contributed by atoms with Crippen LogP contribution in [0.1, 0.15) is 6.92 Å². The first kappa shape index (κ1) is 15.1. The number of hydrogen-bond acceptors (Lipinski definition) is 5. The molecule has 7 heteroatoms. The summed E-state index contributed by atoms with van der Waals surface area (Å²) in [7, 11) is -3.82. The van der Waals surface area contributed by atoms with Crippen molar-refractivity contribution < 1.29 is 13.2 Å². The fourth-order valence-electron chi connectivity index (χ4n) is 1.89. The number of rotatable bonds is 5. The van der Waals surface area contributed by atoms with Gasteiger partial charge in [-0.25, -0.2) is 13.6 Å². The van der Waals surface area contributed by atoms with Crippen LogP contribution in [-0.4, -0.2) is 15.0 Å². The quantitative estimate of drug-likeness (QED) is 0.733. The number of primary sulfonamides is 1. The lowest BCUT2D eigenvalue weighted by Gasteiger charge is -2.13. The normalized spacial score (nSPS) is 11.1. The van der Waals surface area contributed by atoms with Crippen molar-refractivity contribution in [1.29, 1.82) is 0 Å². The van der Waals surface area contributed by atoms with Crippen molar-refractivity contribution in [2.45, 2.75) is 11.8 Å². The number of nitrogen functional groups attached to an aromatic ring is 1. The molecule has 0 aliphatic heterocycles. The lowest BCUT2D eigenvalue weighted by molar-refractivity contribution is 0.342. The Hall–Kier alpha value is -2.25. The molecule has 6 nitrogen and oxygen atoms in total. The van der Waals surface area contributed by atoms with E-state index in [1.807, 2.05) is 31.2 Å². The van der Waals surface area contributed by atoms with E-state index in [2.05, 4.69) is 5.32 Å². The summed E-state index contributed by atoms with van der Waals surface area (Å²) in [5.74, 6) is 0.703. The molecule has 0 aliphatic rings. The second kappa shape index (κ2) is 6.02. The summed E-state index contributed by atoms with van der Waals surface area (Å²) in [5, 5.41) is 8.21. The van der Waals surface area contributed by atoms with Gasteiger partial charge in [0.15, 0.2) is 0 Å². The predicted molar refractivity (Wildman–Crippen MR) is 83.1 cm³/mol. The van der Waals surface area contributed by atoms with Crippen molar-refractivity contribution in [3.05, 3.63) is 42.5 Å². The van der Waals surface area contributed by atoms with E-state index in [9.17, 15) is 8.42 Å². The van der Waals surface area contributed by atoms with Crippen LogP contribution in [0.15, 0.2) is 47.4 Å². The zero-order valence-electron chi connectivity index (χ0n) is 11.5. The van der Waals surface area contributed by atoms with Gasteiger partial charge in [-0.3, -0.25) is 0 Å². The minimum absolute atomic E-state index is 0.0915.